The molecule has 0 saturated carbocycles. The molecule has 3 atom stereocenters. The molecule has 0 spiro atoms. The molecule has 3 N–H and O–H groups in total. The third kappa shape index (κ3) is 7.11. The first-order valence-corrected chi connectivity index (χ1v) is 14.2. The Morgan fingerprint density at radius 2 is 1.68 bits per heavy atom. The number of alkyl carbamates (subject to hydrolysis) is 1. The normalized spacial score (nSPS) is 20.1. The van der Waals surface area contributed by atoms with E-state index >= 15 is 0 Å². The number of carbonyl (C=O) groups is 3. The van der Waals surface area contributed by atoms with E-state index in [1.807, 2.05) is 62.4 Å². The molecule has 4 rings (SSSR count). The Balaban J connectivity index is 1.60. The molecule has 0 radical (unpaired) electrons. The van der Waals surface area contributed by atoms with Gasteiger partial charge in [0, 0.05) is 42.8 Å². The van der Waals surface area contributed by atoms with Crippen LogP contribution in [0.2, 0.25) is 0 Å². The van der Waals surface area contributed by atoms with Crippen LogP contribution in [0.25, 0.3) is 0 Å². The van der Waals surface area contributed by atoms with Crippen LogP contribution in [0.4, 0.5) is 9.59 Å². The van der Waals surface area contributed by atoms with Gasteiger partial charge in [0.1, 0.15) is 17.1 Å². The second-order valence-corrected chi connectivity index (χ2v) is 11.8. The molecule has 10 heteroatoms. The van der Waals surface area contributed by atoms with Crippen molar-refractivity contribution in [1.82, 2.24) is 15.5 Å². The predicted octanol–water partition coefficient (Wildman–Crippen LogP) is 4.90. The number of benzene rings is 2. The highest BCUT2D eigenvalue weighted by Crippen LogP contribution is 2.50. The number of rotatable bonds is 8. The number of ether oxygens (including phenoxy) is 3. The number of nitrogens with zero attached hydrogens (tertiary/aromatic N) is 1. The van der Waals surface area contributed by atoms with Crippen molar-refractivity contribution < 1.29 is 33.7 Å². The van der Waals surface area contributed by atoms with E-state index in [0.717, 1.165) is 22.6 Å². The van der Waals surface area contributed by atoms with Crippen LogP contribution in [0.1, 0.15) is 58.6 Å². The van der Waals surface area contributed by atoms with Gasteiger partial charge in [-0.25, -0.2) is 9.59 Å². The largest absolute Gasteiger partial charge is 0.465 e. The lowest BCUT2D eigenvalue weighted by atomic mass is 9.68. The molecule has 0 aromatic heterocycles. The number of para-hydroxylation sites is 2. The SMILES string of the molecule is CCOC(C)CC1(CNC(=O)[C@@H]2C[C@H](NC(=O)OC(C)(C)C)CN(C(=O)O)C2)c2ccccc2Oc2ccccc21. The lowest BCUT2D eigenvalue weighted by molar-refractivity contribution is -0.127. The standard InChI is InChI=1S/C31H41N3O7/c1-6-39-20(2)16-31(23-11-7-9-13-25(23)40-26-14-10-8-12-24(26)31)19-32-27(35)21-15-22(18-34(17-21)29(37)38)33-28(36)41-30(3,4)5/h7-14,20-22H,6,15-19H2,1-5H3,(H,32,35)(H,33,36)(H,37,38)/t20?,21-,22+/m1/s1. The minimum atomic E-state index is -1.15. The maximum Gasteiger partial charge on any atom is 0.407 e. The average Bonchev–Trinajstić information content (AvgIpc) is 2.90. The van der Waals surface area contributed by atoms with Crippen LogP contribution in [-0.2, 0) is 19.7 Å². The fourth-order valence-electron chi connectivity index (χ4n) is 5.89. The molecule has 1 saturated heterocycles. The van der Waals surface area contributed by atoms with Crippen molar-refractivity contribution in [2.75, 3.05) is 26.2 Å². The molecular formula is C31H41N3O7. The summed E-state index contributed by atoms with van der Waals surface area (Å²) in [7, 11) is 0. The van der Waals surface area contributed by atoms with E-state index in [1.165, 1.54) is 4.90 Å². The number of piperidine rings is 1. The van der Waals surface area contributed by atoms with Crippen molar-refractivity contribution in [3.8, 4) is 11.5 Å². The van der Waals surface area contributed by atoms with Gasteiger partial charge in [-0.3, -0.25) is 4.79 Å². The van der Waals surface area contributed by atoms with E-state index in [0.29, 0.717) is 13.0 Å². The summed E-state index contributed by atoms with van der Waals surface area (Å²) in [6.07, 6.45) is -1.03. The number of fused-ring (bicyclic) bond motifs is 2. The molecule has 41 heavy (non-hydrogen) atoms. The van der Waals surface area contributed by atoms with Crippen LogP contribution in [0, 0.1) is 5.92 Å². The van der Waals surface area contributed by atoms with Gasteiger partial charge in [0.2, 0.25) is 5.91 Å². The molecule has 1 fully saturated rings. The Hall–Kier alpha value is -3.79. The summed E-state index contributed by atoms with van der Waals surface area (Å²) < 4.78 is 17.6. The Kier molecular flexibility index (Phi) is 9.11. The molecule has 2 heterocycles. The van der Waals surface area contributed by atoms with Crippen LogP contribution in [0.5, 0.6) is 11.5 Å². The molecule has 222 valence electrons. The van der Waals surface area contributed by atoms with E-state index < -0.39 is 35.2 Å². The summed E-state index contributed by atoms with van der Waals surface area (Å²) in [5.41, 5.74) is 0.549. The summed E-state index contributed by atoms with van der Waals surface area (Å²) in [4.78, 5) is 39.2. The maximum atomic E-state index is 13.7. The Bertz CT molecular complexity index is 1210. The summed E-state index contributed by atoms with van der Waals surface area (Å²) in [6, 6.07) is 15.1. The van der Waals surface area contributed by atoms with Crippen molar-refractivity contribution in [3.05, 3.63) is 59.7 Å². The van der Waals surface area contributed by atoms with Gasteiger partial charge in [-0.1, -0.05) is 36.4 Å². The number of likely N-dealkylation sites (tertiary alicyclic amines) is 1. The zero-order chi connectivity index (χ0) is 29.8. The molecule has 10 nitrogen and oxygen atoms in total. The Labute approximate surface area is 241 Å². The van der Waals surface area contributed by atoms with Gasteiger partial charge in [0.05, 0.1) is 18.1 Å². The van der Waals surface area contributed by atoms with Gasteiger partial charge in [-0.05, 0) is 59.6 Å². The molecule has 2 aliphatic heterocycles. The second-order valence-electron chi connectivity index (χ2n) is 11.8. The van der Waals surface area contributed by atoms with E-state index in [9.17, 15) is 19.5 Å². The summed E-state index contributed by atoms with van der Waals surface area (Å²) in [6.45, 7) is 10.2. The molecule has 0 bridgehead atoms. The minimum Gasteiger partial charge on any atom is -0.465 e. The number of hydrogen-bond acceptors (Lipinski definition) is 6. The molecule has 3 amide bonds. The molecule has 2 aliphatic rings. The monoisotopic (exact) mass is 567 g/mol. The van der Waals surface area contributed by atoms with Gasteiger partial charge in [-0.15, -0.1) is 0 Å². The van der Waals surface area contributed by atoms with Gasteiger partial charge in [0.15, 0.2) is 0 Å². The highest BCUT2D eigenvalue weighted by Gasteiger charge is 2.44. The average molecular weight is 568 g/mol. The molecule has 1 unspecified atom stereocenters. The van der Waals surface area contributed by atoms with Crippen molar-refractivity contribution in [3.63, 3.8) is 0 Å². The fraction of sp³-hybridized carbons (Fsp3) is 0.516. The number of carbonyl (C=O) groups excluding carboxylic acids is 2. The van der Waals surface area contributed by atoms with Crippen molar-refractivity contribution in [2.45, 2.75) is 70.6 Å². The highest BCUT2D eigenvalue weighted by atomic mass is 16.6. The quantitative estimate of drug-likeness (QED) is 0.414. The van der Waals surface area contributed by atoms with Crippen LogP contribution < -0.4 is 15.4 Å². The lowest BCUT2D eigenvalue weighted by Crippen LogP contribution is -2.56. The second kappa shape index (κ2) is 12.4. The van der Waals surface area contributed by atoms with Crippen molar-refractivity contribution in [2.24, 2.45) is 5.92 Å². The minimum absolute atomic E-state index is 0.0340. The van der Waals surface area contributed by atoms with E-state index in [2.05, 4.69) is 10.6 Å². The van der Waals surface area contributed by atoms with Crippen LogP contribution >= 0.6 is 0 Å². The molecule has 0 aliphatic carbocycles. The van der Waals surface area contributed by atoms with Gasteiger partial charge < -0.3 is 34.9 Å². The first-order chi connectivity index (χ1) is 19.4. The van der Waals surface area contributed by atoms with E-state index in [-0.39, 0.29) is 38.1 Å². The van der Waals surface area contributed by atoms with Crippen LogP contribution in [0.3, 0.4) is 0 Å². The highest BCUT2D eigenvalue weighted by molar-refractivity contribution is 5.80. The third-order valence-corrected chi connectivity index (χ3v) is 7.49. The summed E-state index contributed by atoms with van der Waals surface area (Å²) >= 11 is 0. The van der Waals surface area contributed by atoms with Crippen LogP contribution in [0.15, 0.2) is 48.5 Å². The molecule has 2 aromatic carbocycles. The van der Waals surface area contributed by atoms with Crippen LogP contribution in [-0.4, -0.2) is 72.1 Å². The van der Waals surface area contributed by atoms with Gasteiger partial charge in [0.25, 0.3) is 0 Å². The third-order valence-electron chi connectivity index (χ3n) is 7.49. The maximum absolute atomic E-state index is 13.7. The summed E-state index contributed by atoms with van der Waals surface area (Å²) in [5.74, 6) is 0.504. The Morgan fingerprint density at radius 3 is 2.24 bits per heavy atom. The predicted molar refractivity (Wildman–Crippen MR) is 153 cm³/mol. The first-order valence-electron chi connectivity index (χ1n) is 14.2. The van der Waals surface area contributed by atoms with Gasteiger partial charge >= 0.3 is 12.2 Å². The number of nitrogens with one attached hydrogen (secondary N) is 2. The van der Waals surface area contributed by atoms with Crippen molar-refractivity contribution >= 4 is 18.1 Å². The van der Waals surface area contributed by atoms with Gasteiger partial charge in [-0.2, -0.15) is 0 Å². The lowest BCUT2D eigenvalue weighted by Gasteiger charge is -2.42. The zero-order valence-corrected chi connectivity index (χ0v) is 24.4. The summed E-state index contributed by atoms with van der Waals surface area (Å²) in [5, 5.41) is 15.6. The fourth-order valence-corrected chi connectivity index (χ4v) is 5.89. The smallest absolute Gasteiger partial charge is 0.407 e. The topological polar surface area (TPSA) is 126 Å². The van der Waals surface area contributed by atoms with E-state index in [4.69, 9.17) is 14.2 Å². The number of amides is 3. The number of carboxylic acid groups (broad SMARTS) is 1. The molecular weight excluding hydrogens is 526 g/mol. The Morgan fingerprint density at radius 1 is 1.07 bits per heavy atom. The number of hydrogen-bond donors (Lipinski definition) is 3. The molecule has 2 aromatic rings. The zero-order valence-electron chi connectivity index (χ0n) is 24.4. The van der Waals surface area contributed by atoms with Crippen molar-refractivity contribution in [1.29, 1.82) is 0 Å². The first kappa shape index (κ1) is 30.2. The van der Waals surface area contributed by atoms with E-state index in [1.54, 1.807) is 20.8 Å².